The molecule has 1 fully saturated rings. The lowest BCUT2D eigenvalue weighted by Gasteiger charge is -2.39. The van der Waals surface area contributed by atoms with Gasteiger partial charge in [0.05, 0.1) is 0 Å². The maximum atomic E-state index is 12.4. The van der Waals surface area contributed by atoms with E-state index in [9.17, 15) is 4.79 Å². The number of amides is 1. The molecular formula is C14H21N3O2S. The van der Waals surface area contributed by atoms with Crippen molar-refractivity contribution in [3.05, 3.63) is 21.9 Å². The van der Waals surface area contributed by atoms with Crippen LogP contribution >= 0.6 is 11.3 Å². The highest BCUT2D eigenvalue weighted by molar-refractivity contribution is 7.11. The fraction of sp³-hybridized carbons (Fsp3) is 0.571. The molecule has 5 nitrogen and oxygen atoms in total. The molecule has 1 unspecified atom stereocenters. The fourth-order valence-corrected chi connectivity index (χ4v) is 3.55. The van der Waals surface area contributed by atoms with Crippen LogP contribution in [0.5, 0.6) is 0 Å². The van der Waals surface area contributed by atoms with E-state index in [1.165, 1.54) is 9.75 Å². The molecule has 20 heavy (non-hydrogen) atoms. The molecule has 6 heteroatoms. The molecule has 0 saturated heterocycles. The van der Waals surface area contributed by atoms with Crippen LogP contribution in [-0.4, -0.2) is 23.0 Å². The molecule has 1 aliphatic carbocycles. The van der Waals surface area contributed by atoms with Crippen molar-refractivity contribution in [2.24, 2.45) is 16.3 Å². The molecule has 0 aliphatic heterocycles. The Morgan fingerprint density at radius 3 is 2.75 bits per heavy atom. The van der Waals surface area contributed by atoms with Gasteiger partial charge < -0.3 is 16.3 Å². The Kier molecular flexibility index (Phi) is 4.32. The molecule has 0 spiro atoms. The van der Waals surface area contributed by atoms with E-state index in [0.29, 0.717) is 12.8 Å². The summed E-state index contributed by atoms with van der Waals surface area (Å²) in [5.74, 6) is -0.0970. The van der Waals surface area contributed by atoms with E-state index in [1.54, 1.807) is 11.3 Å². The van der Waals surface area contributed by atoms with Crippen molar-refractivity contribution < 1.29 is 10.0 Å². The molecule has 1 heterocycles. The first-order valence-corrected chi connectivity index (χ1v) is 7.64. The van der Waals surface area contributed by atoms with E-state index in [1.807, 2.05) is 6.92 Å². The van der Waals surface area contributed by atoms with Crippen molar-refractivity contribution in [1.82, 2.24) is 5.32 Å². The molecule has 110 valence electrons. The molecule has 1 aliphatic rings. The first-order valence-electron chi connectivity index (χ1n) is 6.82. The Bertz CT molecular complexity index is 520. The topological polar surface area (TPSA) is 87.7 Å². The summed E-state index contributed by atoms with van der Waals surface area (Å²) in [6.07, 6.45) is 3.04. The smallest absolute Gasteiger partial charge is 0.234 e. The van der Waals surface area contributed by atoms with Crippen LogP contribution in [0.1, 0.15) is 35.9 Å². The van der Waals surface area contributed by atoms with Gasteiger partial charge in [0.2, 0.25) is 5.91 Å². The molecule has 0 aromatic carbocycles. The van der Waals surface area contributed by atoms with Crippen LogP contribution in [0.4, 0.5) is 0 Å². The van der Waals surface area contributed by atoms with E-state index < -0.39 is 5.41 Å². The van der Waals surface area contributed by atoms with Gasteiger partial charge in [0, 0.05) is 22.2 Å². The number of hydrogen-bond donors (Lipinski definition) is 3. The van der Waals surface area contributed by atoms with Gasteiger partial charge in [0.25, 0.3) is 0 Å². The molecule has 1 amide bonds. The van der Waals surface area contributed by atoms with Crippen LogP contribution < -0.4 is 11.1 Å². The molecule has 1 saturated carbocycles. The van der Waals surface area contributed by atoms with E-state index >= 15 is 0 Å². The molecule has 2 rings (SSSR count). The molecular weight excluding hydrogens is 274 g/mol. The number of carbonyl (C=O) groups is 1. The van der Waals surface area contributed by atoms with Gasteiger partial charge in [0.1, 0.15) is 5.41 Å². The lowest BCUT2D eigenvalue weighted by Crippen LogP contribution is -2.55. The van der Waals surface area contributed by atoms with Gasteiger partial charge in [-0.25, -0.2) is 0 Å². The van der Waals surface area contributed by atoms with Gasteiger partial charge >= 0.3 is 0 Å². The molecule has 4 N–H and O–H groups in total. The van der Waals surface area contributed by atoms with E-state index in [2.05, 4.69) is 29.5 Å². The molecule has 1 atom stereocenters. The molecule has 0 radical (unpaired) electrons. The van der Waals surface area contributed by atoms with Crippen LogP contribution in [0, 0.1) is 12.3 Å². The second kappa shape index (κ2) is 5.83. The predicted molar refractivity (Wildman–Crippen MR) is 80.1 cm³/mol. The number of amidine groups is 1. The third-order valence-electron chi connectivity index (χ3n) is 3.92. The molecule has 0 bridgehead atoms. The predicted octanol–water partition coefficient (Wildman–Crippen LogP) is 2.02. The van der Waals surface area contributed by atoms with Crippen LogP contribution in [0.15, 0.2) is 17.3 Å². The van der Waals surface area contributed by atoms with Crippen LogP contribution in [0.25, 0.3) is 0 Å². The van der Waals surface area contributed by atoms with E-state index in [-0.39, 0.29) is 17.8 Å². The third kappa shape index (κ3) is 2.80. The maximum absolute atomic E-state index is 12.4. The Labute approximate surface area is 122 Å². The van der Waals surface area contributed by atoms with Crippen molar-refractivity contribution >= 4 is 23.1 Å². The second-order valence-corrected chi connectivity index (χ2v) is 6.88. The van der Waals surface area contributed by atoms with Gasteiger partial charge in [-0.05, 0) is 38.8 Å². The third-order valence-corrected chi connectivity index (χ3v) is 4.94. The van der Waals surface area contributed by atoms with Crippen LogP contribution in [0.2, 0.25) is 0 Å². The summed E-state index contributed by atoms with van der Waals surface area (Å²) in [5.41, 5.74) is 4.89. The summed E-state index contributed by atoms with van der Waals surface area (Å²) in [6.45, 7) is 4.05. The number of nitrogens with zero attached hydrogens (tertiary/aromatic N) is 1. The number of hydrogen-bond acceptors (Lipinski definition) is 4. The SMILES string of the molecule is Cc1ccc(CC(C)NC(=O)C2(/C(N)=N/O)CCC2)s1. The Morgan fingerprint density at radius 2 is 2.30 bits per heavy atom. The molecule has 1 aromatic heterocycles. The number of oxime groups is 1. The number of aryl methyl sites for hydroxylation is 1. The van der Waals surface area contributed by atoms with Crippen molar-refractivity contribution in [2.45, 2.75) is 45.6 Å². The van der Waals surface area contributed by atoms with Crippen molar-refractivity contribution in [2.75, 3.05) is 0 Å². The Balaban J connectivity index is 1.97. The van der Waals surface area contributed by atoms with Gasteiger partial charge in [-0.3, -0.25) is 4.79 Å². The average molecular weight is 295 g/mol. The van der Waals surface area contributed by atoms with Crippen molar-refractivity contribution in [3.63, 3.8) is 0 Å². The quantitative estimate of drug-likeness (QED) is 0.336. The van der Waals surface area contributed by atoms with Gasteiger partial charge in [0.15, 0.2) is 5.84 Å². The second-order valence-electron chi connectivity index (χ2n) is 5.51. The number of nitrogens with one attached hydrogen (secondary N) is 1. The average Bonchev–Trinajstić information content (AvgIpc) is 2.72. The first kappa shape index (κ1) is 14.8. The zero-order valence-electron chi connectivity index (χ0n) is 11.8. The zero-order valence-corrected chi connectivity index (χ0v) is 12.7. The summed E-state index contributed by atoms with van der Waals surface area (Å²) in [6, 6.07) is 4.20. The lowest BCUT2D eigenvalue weighted by atomic mass is 9.67. The highest BCUT2D eigenvalue weighted by Gasteiger charge is 2.48. The molecule has 1 aromatic rings. The monoisotopic (exact) mass is 295 g/mol. The summed E-state index contributed by atoms with van der Waals surface area (Å²) < 4.78 is 0. The number of rotatable bonds is 5. The van der Waals surface area contributed by atoms with Crippen molar-refractivity contribution in [1.29, 1.82) is 0 Å². The number of thiophene rings is 1. The Morgan fingerprint density at radius 1 is 1.60 bits per heavy atom. The summed E-state index contributed by atoms with van der Waals surface area (Å²) in [5, 5.41) is 14.9. The summed E-state index contributed by atoms with van der Waals surface area (Å²) >= 11 is 1.74. The highest BCUT2D eigenvalue weighted by atomic mass is 32.1. The summed E-state index contributed by atoms with van der Waals surface area (Å²) in [7, 11) is 0. The van der Waals surface area contributed by atoms with Gasteiger partial charge in [-0.1, -0.05) is 11.6 Å². The van der Waals surface area contributed by atoms with Gasteiger partial charge in [-0.2, -0.15) is 0 Å². The summed E-state index contributed by atoms with van der Waals surface area (Å²) in [4.78, 5) is 14.9. The largest absolute Gasteiger partial charge is 0.409 e. The minimum atomic E-state index is -0.797. The highest BCUT2D eigenvalue weighted by Crippen LogP contribution is 2.41. The number of nitrogens with two attached hydrogens (primary N) is 1. The number of carbonyl (C=O) groups excluding carboxylic acids is 1. The van der Waals surface area contributed by atoms with Crippen molar-refractivity contribution in [3.8, 4) is 0 Å². The van der Waals surface area contributed by atoms with Crippen LogP contribution in [-0.2, 0) is 11.2 Å². The fourth-order valence-electron chi connectivity index (χ4n) is 2.54. The van der Waals surface area contributed by atoms with E-state index in [4.69, 9.17) is 10.9 Å². The maximum Gasteiger partial charge on any atom is 0.234 e. The van der Waals surface area contributed by atoms with Gasteiger partial charge in [-0.15, -0.1) is 11.3 Å². The standard InChI is InChI=1S/C14H21N3O2S/c1-9(8-11-5-4-10(2)20-11)16-13(18)14(6-3-7-14)12(15)17-19/h4-5,9,19H,3,6-8H2,1-2H3,(H2,15,17)(H,16,18). The lowest BCUT2D eigenvalue weighted by molar-refractivity contribution is -0.131. The Hall–Kier alpha value is -1.56. The zero-order chi connectivity index (χ0) is 14.8. The minimum Gasteiger partial charge on any atom is -0.409 e. The normalized spacial score (nSPS) is 19.2. The van der Waals surface area contributed by atoms with E-state index in [0.717, 1.165) is 12.8 Å². The van der Waals surface area contributed by atoms with Crippen LogP contribution in [0.3, 0.4) is 0 Å². The first-order chi connectivity index (χ1) is 9.48. The minimum absolute atomic E-state index is 0.0282.